The van der Waals surface area contributed by atoms with Crippen molar-refractivity contribution in [2.45, 2.75) is 25.3 Å². The Morgan fingerprint density at radius 1 is 1.43 bits per heavy atom. The Hall–Kier alpha value is -1.28. The number of likely N-dealkylation sites (N-methyl/N-ethyl adjacent to an activating group) is 1. The highest BCUT2D eigenvalue weighted by atomic mass is 35.5. The normalized spacial score (nSPS) is 21.3. The number of nitriles is 1. The summed E-state index contributed by atoms with van der Waals surface area (Å²) in [6, 6.07) is 7.59. The van der Waals surface area contributed by atoms with Crippen LogP contribution in [0.1, 0.15) is 19.3 Å². The summed E-state index contributed by atoms with van der Waals surface area (Å²) in [5.74, 6) is 0.0203. The fourth-order valence-corrected chi connectivity index (χ4v) is 2.90. The zero-order valence-electron chi connectivity index (χ0n) is 11.8. The van der Waals surface area contributed by atoms with Crippen molar-refractivity contribution in [3.63, 3.8) is 0 Å². The van der Waals surface area contributed by atoms with E-state index in [4.69, 9.17) is 28.5 Å². The summed E-state index contributed by atoms with van der Waals surface area (Å²) in [4.78, 5) is 14.0. The maximum atomic E-state index is 12.0. The molecular weight excluding hydrogens is 309 g/mol. The molecule has 21 heavy (non-hydrogen) atoms. The van der Waals surface area contributed by atoms with E-state index in [2.05, 4.69) is 11.4 Å². The standard InChI is InChI=1S/C15H17Cl2N3O/c1-20(12-4-2-10(6-12)8-18)9-15(21)19-11-3-5-13(16)14(17)7-11/h3,5,7,10,12H,2,4,6,9H2,1H3,(H,19,21)/t10-,12+/m1/s1. The molecule has 0 saturated heterocycles. The Morgan fingerprint density at radius 3 is 2.81 bits per heavy atom. The fourth-order valence-electron chi connectivity index (χ4n) is 2.61. The number of hydrogen-bond acceptors (Lipinski definition) is 3. The number of amides is 1. The van der Waals surface area contributed by atoms with Gasteiger partial charge in [0.1, 0.15) is 0 Å². The minimum absolute atomic E-state index is 0.101. The Balaban J connectivity index is 1.87. The molecule has 0 heterocycles. The molecule has 4 nitrogen and oxygen atoms in total. The number of anilines is 1. The first-order valence-electron chi connectivity index (χ1n) is 6.84. The molecule has 112 valence electrons. The van der Waals surface area contributed by atoms with Gasteiger partial charge in [0.2, 0.25) is 5.91 Å². The maximum Gasteiger partial charge on any atom is 0.238 e. The highest BCUT2D eigenvalue weighted by Gasteiger charge is 2.28. The van der Waals surface area contributed by atoms with Crippen molar-refractivity contribution in [3.8, 4) is 6.07 Å². The molecule has 6 heteroatoms. The molecule has 0 bridgehead atoms. The van der Waals surface area contributed by atoms with Gasteiger partial charge in [-0.05, 0) is 44.5 Å². The minimum Gasteiger partial charge on any atom is -0.325 e. The van der Waals surface area contributed by atoms with Gasteiger partial charge in [0.25, 0.3) is 0 Å². The van der Waals surface area contributed by atoms with E-state index >= 15 is 0 Å². The van der Waals surface area contributed by atoms with E-state index in [0.717, 1.165) is 19.3 Å². The molecule has 0 aliphatic heterocycles. The van der Waals surface area contributed by atoms with Gasteiger partial charge >= 0.3 is 0 Å². The first-order chi connectivity index (χ1) is 9.99. The van der Waals surface area contributed by atoms with Crippen molar-refractivity contribution in [2.75, 3.05) is 18.9 Å². The third-order valence-electron chi connectivity index (χ3n) is 3.81. The Labute approximate surface area is 134 Å². The number of benzene rings is 1. The predicted molar refractivity (Wildman–Crippen MR) is 84.5 cm³/mol. The molecule has 1 aromatic rings. The topological polar surface area (TPSA) is 56.1 Å². The molecular formula is C15H17Cl2N3O. The lowest BCUT2D eigenvalue weighted by atomic mass is 10.1. The van der Waals surface area contributed by atoms with Gasteiger partial charge in [0.05, 0.1) is 22.7 Å². The van der Waals surface area contributed by atoms with Crippen LogP contribution >= 0.6 is 23.2 Å². The number of rotatable bonds is 4. The first kappa shape index (κ1) is 16.1. The zero-order chi connectivity index (χ0) is 15.4. The quantitative estimate of drug-likeness (QED) is 0.920. The first-order valence-corrected chi connectivity index (χ1v) is 7.60. The van der Waals surface area contributed by atoms with Crippen LogP contribution in [0.5, 0.6) is 0 Å². The summed E-state index contributed by atoms with van der Waals surface area (Å²) < 4.78 is 0. The molecule has 1 saturated carbocycles. The molecule has 0 aromatic heterocycles. The van der Waals surface area contributed by atoms with Gasteiger partial charge in [-0.2, -0.15) is 5.26 Å². The number of halogens is 2. The molecule has 0 radical (unpaired) electrons. The van der Waals surface area contributed by atoms with Crippen LogP contribution in [0, 0.1) is 17.2 Å². The number of nitrogens with one attached hydrogen (secondary N) is 1. The number of hydrogen-bond donors (Lipinski definition) is 1. The Morgan fingerprint density at radius 2 is 2.19 bits per heavy atom. The summed E-state index contributed by atoms with van der Waals surface area (Å²) in [5.41, 5.74) is 0.629. The zero-order valence-corrected chi connectivity index (χ0v) is 13.3. The number of carbonyl (C=O) groups is 1. The second-order valence-corrected chi connectivity index (χ2v) is 6.20. The van der Waals surface area contributed by atoms with Crippen LogP contribution in [0.4, 0.5) is 5.69 Å². The minimum atomic E-state index is -0.101. The second-order valence-electron chi connectivity index (χ2n) is 5.39. The average molecular weight is 326 g/mol. The third kappa shape index (κ3) is 4.34. The summed E-state index contributed by atoms with van der Waals surface area (Å²) in [6.07, 6.45) is 2.72. The van der Waals surface area contributed by atoms with E-state index in [-0.39, 0.29) is 11.8 Å². The third-order valence-corrected chi connectivity index (χ3v) is 4.55. The van der Waals surface area contributed by atoms with E-state index in [0.29, 0.717) is 28.3 Å². The summed E-state index contributed by atoms with van der Waals surface area (Å²) >= 11 is 11.8. The summed E-state index contributed by atoms with van der Waals surface area (Å²) in [5, 5.41) is 12.6. The van der Waals surface area contributed by atoms with E-state index in [1.807, 2.05) is 11.9 Å². The van der Waals surface area contributed by atoms with Crippen LogP contribution in [0.2, 0.25) is 10.0 Å². The Bertz CT molecular complexity index is 571. The maximum absolute atomic E-state index is 12.0. The lowest BCUT2D eigenvalue weighted by Gasteiger charge is -2.23. The molecule has 1 aromatic carbocycles. The monoisotopic (exact) mass is 325 g/mol. The molecule has 2 atom stereocenters. The van der Waals surface area contributed by atoms with Gasteiger partial charge in [-0.1, -0.05) is 23.2 Å². The molecule has 1 N–H and O–H groups in total. The van der Waals surface area contributed by atoms with Gasteiger partial charge in [0.15, 0.2) is 0 Å². The number of carbonyl (C=O) groups excluding carboxylic acids is 1. The van der Waals surface area contributed by atoms with Crippen LogP contribution in [0.15, 0.2) is 18.2 Å². The molecule has 0 unspecified atom stereocenters. The number of nitrogens with zero attached hydrogens (tertiary/aromatic N) is 2. The molecule has 1 aliphatic rings. The van der Waals surface area contributed by atoms with Gasteiger partial charge in [-0.3, -0.25) is 9.69 Å². The lowest BCUT2D eigenvalue weighted by molar-refractivity contribution is -0.117. The van der Waals surface area contributed by atoms with Crippen LogP contribution < -0.4 is 5.32 Å². The summed E-state index contributed by atoms with van der Waals surface area (Å²) in [7, 11) is 1.92. The lowest BCUT2D eigenvalue weighted by Crippen LogP contribution is -2.36. The highest BCUT2D eigenvalue weighted by molar-refractivity contribution is 6.42. The summed E-state index contributed by atoms with van der Waals surface area (Å²) in [6.45, 7) is 0.295. The van der Waals surface area contributed by atoms with Crippen molar-refractivity contribution in [1.82, 2.24) is 4.90 Å². The largest absolute Gasteiger partial charge is 0.325 e. The second kappa shape index (κ2) is 7.13. The van der Waals surface area contributed by atoms with Crippen LogP contribution in [-0.2, 0) is 4.79 Å². The van der Waals surface area contributed by atoms with Crippen LogP contribution in [0.3, 0.4) is 0 Å². The van der Waals surface area contributed by atoms with Crippen molar-refractivity contribution in [2.24, 2.45) is 5.92 Å². The van der Waals surface area contributed by atoms with Crippen molar-refractivity contribution < 1.29 is 4.79 Å². The van der Waals surface area contributed by atoms with Crippen molar-refractivity contribution in [1.29, 1.82) is 5.26 Å². The van der Waals surface area contributed by atoms with Crippen LogP contribution in [0.25, 0.3) is 0 Å². The van der Waals surface area contributed by atoms with Crippen molar-refractivity contribution in [3.05, 3.63) is 28.2 Å². The molecule has 1 fully saturated rings. The van der Waals surface area contributed by atoms with Crippen LogP contribution in [-0.4, -0.2) is 30.4 Å². The van der Waals surface area contributed by atoms with E-state index in [1.54, 1.807) is 18.2 Å². The van der Waals surface area contributed by atoms with E-state index < -0.39 is 0 Å². The van der Waals surface area contributed by atoms with Gasteiger partial charge in [-0.15, -0.1) is 0 Å². The average Bonchev–Trinajstić information content (AvgIpc) is 2.92. The van der Waals surface area contributed by atoms with Gasteiger partial charge in [-0.25, -0.2) is 0 Å². The van der Waals surface area contributed by atoms with E-state index in [1.165, 1.54) is 0 Å². The predicted octanol–water partition coefficient (Wildman–Crippen LogP) is 3.56. The van der Waals surface area contributed by atoms with Crippen molar-refractivity contribution >= 4 is 34.8 Å². The molecule has 0 spiro atoms. The fraction of sp³-hybridized carbons (Fsp3) is 0.467. The SMILES string of the molecule is CN(CC(=O)Nc1ccc(Cl)c(Cl)c1)[C@H]1CC[C@@H](C#N)C1. The highest BCUT2D eigenvalue weighted by Crippen LogP contribution is 2.28. The molecule has 1 aliphatic carbocycles. The smallest absolute Gasteiger partial charge is 0.238 e. The van der Waals surface area contributed by atoms with Gasteiger partial charge < -0.3 is 5.32 Å². The molecule has 1 amide bonds. The Kier molecular flexibility index (Phi) is 5.46. The van der Waals surface area contributed by atoms with Gasteiger partial charge in [0, 0.05) is 17.6 Å². The van der Waals surface area contributed by atoms with E-state index in [9.17, 15) is 4.79 Å². The molecule has 2 rings (SSSR count).